The van der Waals surface area contributed by atoms with Crippen LogP contribution in [0, 0.1) is 0 Å². The van der Waals surface area contributed by atoms with Crippen LogP contribution in [0.2, 0.25) is 0 Å². The molecule has 0 aliphatic heterocycles. The zero-order valence-corrected chi connectivity index (χ0v) is 12.3. The first-order chi connectivity index (χ1) is 8.17. The van der Waals surface area contributed by atoms with E-state index in [0.29, 0.717) is 13.0 Å². The molecule has 106 valence electrons. The van der Waals surface area contributed by atoms with E-state index in [4.69, 9.17) is 5.73 Å². The van der Waals surface area contributed by atoms with Crippen molar-refractivity contribution in [2.75, 3.05) is 18.6 Å². The first-order valence-electron chi connectivity index (χ1n) is 6.43. The highest BCUT2D eigenvalue weighted by Crippen LogP contribution is 2.32. The Balaban J connectivity index is 2.61. The van der Waals surface area contributed by atoms with Gasteiger partial charge in [-0.25, -0.2) is 8.42 Å². The number of nitrogens with zero attached hydrogens (tertiary/aromatic N) is 1. The van der Waals surface area contributed by atoms with Gasteiger partial charge in [0, 0.05) is 30.8 Å². The molecule has 0 heterocycles. The SMILES string of the molecule is CCN(C(=O)CC1(N)CCC1)[C@H](C)CS(C)(=O)=O. The van der Waals surface area contributed by atoms with E-state index < -0.39 is 9.84 Å². The molecule has 1 saturated carbocycles. The van der Waals surface area contributed by atoms with Gasteiger partial charge in [0.25, 0.3) is 0 Å². The molecule has 18 heavy (non-hydrogen) atoms. The summed E-state index contributed by atoms with van der Waals surface area (Å²) in [5.74, 6) is -0.0275. The number of amides is 1. The van der Waals surface area contributed by atoms with Crippen molar-refractivity contribution in [3.05, 3.63) is 0 Å². The number of hydrogen-bond acceptors (Lipinski definition) is 4. The molecule has 0 radical (unpaired) electrons. The molecule has 1 aliphatic rings. The molecular formula is C12H24N2O3S. The third kappa shape index (κ3) is 4.24. The molecule has 0 aromatic heterocycles. The van der Waals surface area contributed by atoms with Gasteiger partial charge in [0.1, 0.15) is 9.84 Å². The highest BCUT2D eigenvalue weighted by atomic mass is 32.2. The number of hydrogen-bond donors (Lipinski definition) is 1. The van der Waals surface area contributed by atoms with Crippen LogP contribution in [0.4, 0.5) is 0 Å². The lowest BCUT2D eigenvalue weighted by Crippen LogP contribution is -2.52. The van der Waals surface area contributed by atoms with Crippen LogP contribution in [-0.4, -0.2) is 49.4 Å². The van der Waals surface area contributed by atoms with E-state index in [1.807, 2.05) is 6.92 Å². The van der Waals surface area contributed by atoms with Crippen molar-refractivity contribution in [1.29, 1.82) is 0 Å². The molecule has 0 spiro atoms. The van der Waals surface area contributed by atoms with Gasteiger partial charge < -0.3 is 10.6 Å². The molecule has 0 aromatic rings. The lowest BCUT2D eigenvalue weighted by atomic mass is 9.75. The van der Waals surface area contributed by atoms with Crippen LogP contribution in [0.25, 0.3) is 0 Å². The van der Waals surface area contributed by atoms with E-state index in [1.165, 1.54) is 6.26 Å². The smallest absolute Gasteiger partial charge is 0.224 e. The van der Waals surface area contributed by atoms with Crippen LogP contribution >= 0.6 is 0 Å². The van der Waals surface area contributed by atoms with Gasteiger partial charge in [-0.05, 0) is 33.1 Å². The zero-order valence-electron chi connectivity index (χ0n) is 11.5. The van der Waals surface area contributed by atoms with Crippen LogP contribution < -0.4 is 5.73 Å². The van der Waals surface area contributed by atoms with E-state index in [2.05, 4.69) is 0 Å². The summed E-state index contributed by atoms with van der Waals surface area (Å²) >= 11 is 0. The first-order valence-corrected chi connectivity index (χ1v) is 8.49. The Morgan fingerprint density at radius 2 is 2.00 bits per heavy atom. The minimum atomic E-state index is -3.07. The van der Waals surface area contributed by atoms with Crippen molar-refractivity contribution >= 4 is 15.7 Å². The van der Waals surface area contributed by atoms with Gasteiger partial charge >= 0.3 is 0 Å². The Morgan fingerprint density at radius 1 is 1.44 bits per heavy atom. The van der Waals surface area contributed by atoms with Gasteiger partial charge in [0.2, 0.25) is 5.91 Å². The molecule has 1 aliphatic carbocycles. The third-order valence-corrected chi connectivity index (χ3v) is 4.68. The molecule has 0 aromatic carbocycles. The van der Waals surface area contributed by atoms with Crippen LogP contribution in [0.1, 0.15) is 39.5 Å². The molecule has 0 unspecified atom stereocenters. The fraction of sp³-hybridized carbons (Fsp3) is 0.917. The Hall–Kier alpha value is -0.620. The molecule has 0 bridgehead atoms. The van der Waals surface area contributed by atoms with Gasteiger partial charge in [-0.3, -0.25) is 4.79 Å². The van der Waals surface area contributed by atoms with E-state index in [0.717, 1.165) is 19.3 Å². The van der Waals surface area contributed by atoms with E-state index in [9.17, 15) is 13.2 Å². The second-order valence-corrected chi connectivity index (χ2v) is 7.70. The molecule has 1 fully saturated rings. The number of sulfone groups is 1. The van der Waals surface area contributed by atoms with E-state index in [1.54, 1.807) is 11.8 Å². The summed E-state index contributed by atoms with van der Waals surface area (Å²) in [6, 6.07) is -0.291. The fourth-order valence-corrected chi connectivity index (χ4v) is 3.53. The molecule has 1 rings (SSSR count). The number of rotatable bonds is 6. The van der Waals surface area contributed by atoms with Crippen molar-refractivity contribution in [1.82, 2.24) is 4.90 Å². The summed E-state index contributed by atoms with van der Waals surface area (Å²) in [5.41, 5.74) is 5.71. The van der Waals surface area contributed by atoms with Crippen molar-refractivity contribution in [2.45, 2.75) is 51.1 Å². The highest BCUT2D eigenvalue weighted by Gasteiger charge is 2.36. The number of carbonyl (C=O) groups excluding carboxylic acids is 1. The van der Waals surface area contributed by atoms with Gasteiger partial charge in [-0.1, -0.05) is 0 Å². The Labute approximate surface area is 110 Å². The average Bonchev–Trinajstić information content (AvgIpc) is 2.13. The predicted molar refractivity (Wildman–Crippen MR) is 71.9 cm³/mol. The second kappa shape index (κ2) is 5.57. The fourth-order valence-electron chi connectivity index (χ4n) is 2.47. The molecule has 1 atom stereocenters. The number of nitrogens with two attached hydrogens (primary N) is 1. The van der Waals surface area contributed by atoms with Crippen molar-refractivity contribution < 1.29 is 13.2 Å². The van der Waals surface area contributed by atoms with Gasteiger partial charge in [0.15, 0.2) is 0 Å². The van der Waals surface area contributed by atoms with Crippen LogP contribution in [-0.2, 0) is 14.6 Å². The van der Waals surface area contributed by atoms with Gasteiger partial charge in [0.05, 0.1) is 5.75 Å². The molecular weight excluding hydrogens is 252 g/mol. The largest absolute Gasteiger partial charge is 0.339 e. The monoisotopic (exact) mass is 276 g/mol. The highest BCUT2D eigenvalue weighted by molar-refractivity contribution is 7.90. The summed E-state index contributed by atoms with van der Waals surface area (Å²) < 4.78 is 22.5. The van der Waals surface area contributed by atoms with Crippen LogP contribution in [0.3, 0.4) is 0 Å². The maximum absolute atomic E-state index is 12.2. The third-order valence-electron chi connectivity index (χ3n) is 3.59. The number of carbonyl (C=O) groups is 1. The standard InChI is InChI=1S/C12H24N2O3S/c1-4-14(10(2)9-18(3,16)17)11(15)8-12(13)6-5-7-12/h10H,4-9,13H2,1-3H3/t10-/m1/s1. The summed E-state index contributed by atoms with van der Waals surface area (Å²) in [6.07, 6.45) is 4.37. The summed E-state index contributed by atoms with van der Waals surface area (Å²) in [4.78, 5) is 13.8. The molecule has 2 N–H and O–H groups in total. The Kier molecular flexibility index (Phi) is 4.78. The van der Waals surface area contributed by atoms with Crippen LogP contribution in [0.15, 0.2) is 0 Å². The van der Waals surface area contributed by atoms with Crippen molar-refractivity contribution in [3.8, 4) is 0 Å². The zero-order chi connectivity index (χ0) is 14.0. The van der Waals surface area contributed by atoms with Crippen molar-refractivity contribution in [2.24, 2.45) is 5.73 Å². The van der Waals surface area contributed by atoms with Crippen molar-refractivity contribution in [3.63, 3.8) is 0 Å². The topological polar surface area (TPSA) is 80.5 Å². The summed E-state index contributed by atoms with van der Waals surface area (Å²) in [7, 11) is -3.07. The van der Waals surface area contributed by atoms with E-state index >= 15 is 0 Å². The minimum absolute atomic E-state index is 0.00412. The minimum Gasteiger partial charge on any atom is -0.339 e. The molecule has 5 nitrogen and oxygen atoms in total. The Morgan fingerprint density at radius 3 is 2.33 bits per heavy atom. The Bertz CT molecular complexity index is 402. The normalized spacial score (nSPS) is 20.0. The summed E-state index contributed by atoms with van der Waals surface area (Å²) in [6.45, 7) is 4.15. The molecule has 6 heteroatoms. The van der Waals surface area contributed by atoms with Crippen LogP contribution in [0.5, 0.6) is 0 Å². The van der Waals surface area contributed by atoms with E-state index in [-0.39, 0.29) is 23.2 Å². The predicted octanol–water partition coefficient (Wildman–Crippen LogP) is 0.540. The lowest BCUT2D eigenvalue weighted by molar-refractivity contribution is -0.134. The molecule has 1 amide bonds. The second-order valence-electron chi connectivity index (χ2n) is 5.51. The average molecular weight is 276 g/mol. The van der Waals surface area contributed by atoms with Gasteiger partial charge in [-0.15, -0.1) is 0 Å². The maximum atomic E-state index is 12.2. The maximum Gasteiger partial charge on any atom is 0.224 e. The van der Waals surface area contributed by atoms with Gasteiger partial charge in [-0.2, -0.15) is 0 Å². The quantitative estimate of drug-likeness (QED) is 0.768. The molecule has 0 saturated heterocycles. The lowest BCUT2D eigenvalue weighted by Gasteiger charge is -2.39. The summed E-state index contributed by atoms with van der Waals surface area (Å²) in [5, 5.41) is 0. The first kappa shape index (κ1) is 15.4.